The van der Waals surface area contributed by atoms with E-state index in [1.165, 1.54) is 12.1 Å². The zero-order valence-electron chi connectivity index (χ0n) is 11.3. The molecule has 0 spiro atoms. The van der Waals surface area contributed by atoms with Crippen LogP contribution in [0.2, 0.25) is 0 Å². The van der Waals surface area contributed by atoms with Crippen molar-refractivity contribution in [2.24, 2.45) is 5.73 Å². The number of alkyl halides is 5. The maximum Gasteiger partial charge on any atom is 0.416 e. The lowest BCUT2D eigenvalue weighted by Gasteiger charge is -2.37. The second-order valence-corrected chi connectivity index (χ2v) is 5.26. The minimum atomic E-state index is -4.38. The maximum atomic E-state index is 13.1. The van der Waals surface area contributed by atoms with Crippen molar-refractivity contribution in [3.8, 4) is 0 Å². The smallest absolute Gasteiger partial charge is 0.329 e. The van der Waals surface area contributed by atoms with Crippen LogP contribution >= 0.6 is 0 Å². The lowest BCUT2D eigenvalue weighted by Crippen LogP contribution is -2.43. The summed E-state index contributed by atoms with van der Waals surface area (Å²) >= 11 is 0. The van der Waals surface area contributed by atoms with E-state index in [1.807, 2.05) is 0 Å². The molecule has 1 saturated heterocycles. The number of hydrogen-bond donors (Lipinski definition) is 1. The predicted molar refractivity (Wildman–Crippen MR) is 69.0 cm³/mol. The molecule has 0 bridgehead atoms. The van der Waals surface area contributed by atoms with Crippen LogP contribution in [0.5, 0.6) is 0 Å². The van der Waals surface area contributed by atoms with Crippen LogP contribution in [-0.2, 0) is 6.18 Å². The summed E-state index contributed by atoms with van der Waals surface area (Å²) in [6.45, 7) is 0.558. The maximum absolute atomic E-state index is 13.1. The first kappa shape index (κ1) is 16.2. The summed E-state index contributed by atoms with van der Waals surface area (Å²) in [6, 6.07) is 4.40. The van der Waals surface area contributed by atoms with Gasteiger partial charge in [-0.3, -0.25) is 4.90 Å². The molecule has 2 rings (SSSR count). The second-order valence-electron chi connectivity index (χ2n) is 5.26. The molecule has 1 atom stereocenters. The standard InChI is InChI=1S/C14H17F5N2/c15-13(16)5-7-21(8-6-13)12(9-20)10-1-3-11(4-2-10)14(17,18)19/h1-4,12H,5-9,20H2. The molecule has 1 aromatic rings. The van der Waals surface area contributed by atoms with Crippen molar-refractivity contribution in [2.75, 3.05) is 19.6 Å². The molecule has 0 amide bonds. The van der Waals surface area contributed by atoms with Crippen LogP contribution in [0.25, 0.3) is 0 Å². The van der Waals surface area contributed by atoms with E-state index in [9.17, 15) is 22.0 Å². The van der Waals surface area contributed by atoms with Crippen molar-refractivity contribution in [3.05, 3.63) is 35.4 Å². The Balaban J connectivity index is 2.11. The Hall–Kier alpha value is -1.21. The van der Waals surface area contributed by atoms with Gasteiger partial charge in [-0.25, -0.2) is 8.78 Å². The van der Waals surface area contributed by atoms with Crippen LogP contribution in [0.3, 0.4) is 0 Å². The molecule has 0 aliphatic carbocycles. The molecule has 7 heteroatoms. The Bertz CT molecular complexity index is 459. The third-order valence-corrected chi connectivity index (χ3v) is 3.82. The second kappa shape index (κ2) is 5.88. The van der Waals surface area contributed by atoms with Crippen LogP contribution in [0.4, 0.5) is 22.0 Å². The highest BCUT2D eigenvalue weighted by atomic mass is 19.4. The lowest BCUT2D eigenvalue weighted by atomic mass is 9.99. The molecule has 1 heterocycles. The molecule has 2 N–H and O–H groups in total. The van der Waals surface area contributed by atoms with E-state index in [0.29, 0.717) is 5.56 Å². The highest BCUT2D eigenvalue weighted by molar-refractivity contribution is 5.27. The minimum Gasteiger partial charge on any atom is -0.329 e. The monoisotopic (exact) mass is 308 g/mol. The third-order valence-electron chi connectivity index (χ3n) is 3.82. The normalized spacial score (nSPS) is 21.2. The van der Waals surface area contributed by atoms with Crippen LogP contribution in [0.15, 0.2) is 24.3 Å². The van der Waals surface area contributed by atoms with Crippen LogP contribution < -0.4 is 5.73 Å². The molecule has 118 valence electrons. The van der Waals surface area contributed by atoms with Gasteiger partial charge in [0.15, 0.2) is 0 Å². The van der Waals surface area contributed by atoms with Crippen LogP contribution in [0, 0.1) is 0 Å². The number of rotatable bonds is 3. The van der Waals surface area contributed by atoms with Gasteiger partial charge >= 0.3 is 6.18 Å². The summed E-state index contributed by atoms with van der Waals surface area (Å²) in [7, 11) is 0. The number of nitrogens with two attached hydrogens (primary N) is 1. The van der Waals surface area contributed by atoms with Crippen molar-refractivity contribution in [3.63, 3.8) is 0 Å². The quantitative estimate of drug-likeness (QED) is 0.867. The molecule has 0 aromatic heterocycles. The number of halogens is 5. The van der Waals surface area contributed by atoms with Gasteiger partial charge in [0.05, 0.1) is 5.56 Å². The van der Waals surface area contributed by atoms with Crippen molar-refractivity contribution < 1.29 is 22.0 Å². The van der Waals surface area contributed by atoms with Gasteiger partial charge in [-0.05, 0) is 17.7 Å². The highest BCUT2D eigenvalue weighted by Gasteiger charge is 2.36. The van der Waals surface area contributed by atoms with Gasteiger partial charge in [0.2, 0.25) is 0 Å². The molecule has 1 unspecified atom stereocenters. The summed E-state index contributed by atoms with van der Waals surface area (Å²) in [4.78, 5) is 1.81. The van der Waals surface area contributed by atoms with E-state index in [2.05, 4.69) is 0 Å². The summed E-state index contributed by atoms with van der Waals surface area (Å²) in [5.41, 5.74) is 5.57. The molecule has 21 heavy (non-hydrogen) atoms. The van der Waals surface area contributed by atoms with E-state index in [1.54, 1.807) is 4.90 Å². The topological polar surface area (TPSA) is 29.3 Å². The first-order valence-electron chi connectivity index (χ1n) is 6.72. The van der Waals surface area contributed by atoms with Crippen molar-refractivity contribution in [1.29, 1.82) is 0 Å². The molecule has 1 fully saturated rings. The Labute approximate surface area is 119 Å². The number of nitrogens with zero attached hydrogens (tertiary/aromatic N) is 1. The fourth-order valence-electron chi connectivity index (χ4n) is 2.55. The molecule has 1 aliphatic heterocycles. The fraction of sp³-hybridized carbons (Fsp3) is 0.571. The zero-order valence-corrected chi connectivity index (χ0v) is 11.3. The zero-order chi connectivity index (χ0) is 15.7. The average molecular weight is 308 g/mol. The first-order chi connectivity index (χ1) is 9.73. The molecular weight excluding hydrogens is 291 g/mol. The first-order valence-corrected chi connectivity index (χ1v) is 6.72. The van der Waals surface area contributed by atoms with Crippen molar-refractivity contribution >= 4 is 0 Å². The van der Waals surface area contributed by atoms with Crippen LogP contribution in [0.1, 0.15) is 30.0 Å². The molecule has 1 aromatic carbocycles. The SMILES string of the molecule is NCC(c1ccc(C(F)(F)F)cc1)N1CCC(F)(F)CC1. The fourth-order valence-corrected chi connectivity index (χ4v) is 2.55. The Morgan fingerprint density at radius 2 is 1.62 bits per heavy atom. The average Bonchev–Trinajstić information content (AvgIpc) is 2.41. The number of piperidine rings is 1. The Morgan fingerprint density at radius 3 is 2.05 bits per heavy atom. The van der Waals surface area contributed by atoms with Gasteiger partial charge < -0.3 is 5.73 Å². The summed E-state index contributed by atoms with van der Waals surface area (Å²) in [5, 5.41) is 0. The summed E-state index contributed by atoms with van der Waals surface area (Å²) in [6.07, 6.45) is -4.88. The van der Waals surface area contributed by atoms with Crippen molar-refractivity contribution in [2.45, 2.75) is 31.0 Å². The van der Waals surface area contributed by atoms with Gasteiger partial charge in [-0.2, -0.15) is 13.2 Å². The highest BCUT2D eigenvalue weighted by Crippen LogP contribution is 2.34. The van der Waals surface area contributed by atoms with E-state index < -0.39 is 17.7 Å². The summed E-state index contributed by atoms with van der Waals surface area (Å²) in [5.74, 6) is -2.66. The van der Waals surface area contributed by atoms with Crippen molar-refractivity contribution in [1.82, 2.24) is 4.90 Å². The van der Waals surface area contributed by atoms with Gasteiger partial charge in [-0.1, -0.05) is 12.1 Å². The Kier molecular flexibility index (Phi) is 4.53. The largest absolute Gasteiger partial charge is 0.416 e. The number of benzene rings is 1. The molecule has 2 nitrogen and oxygen atoms in total. The lowest BCUT2D eigenvalue weighted by molar-refractivity contribution is -0.137. The molecular formula is C14H17F5N2. The molecule has 1 aliphatic rings. The van der Waals surface area contributed by atoms with Gasteiger partial charge in [0.1, 0.15) is 0 Å². The van der Waals surface area contributed by atoms with E-state index in [-0.39, 0.29) is 38.5 Å². The predicted octanol–water partition coefficient (Wildman–Crippen LogP) is 3.44. The van der Waals surface area contributed by atoms with Crippen LogP contribution in [-0.4, -0.2) is 30.5 Å². The minimum absolute atomic E-state index is 0.178. The summed E-state index contributed by atoms with van der Waals surface area (Å²) < 4.78 is 63.9. The Morgan fingerprint density at radius 1 is 1.10 bits per heavy atom. The third kappa shape index (κ3) is 3.91. The van der Waals surface area contributed by atoms with E-state index >= 15 is 0 Å². The number of likely N-dealkylation sites (tertiary alicyclic amines) is 1. The van der Waals surface area contributed by atoms with E-state index in [4.69, 9.17) is 5.73 Å². The van der Waals surface area contributed by atoms with E-state index in [0.717, 1.165) is 12.1 Å². The number of hydrogen-bond acceptors (Lipinski definition) is 2. The van der Waals surface area contributed by atoms with Gasteiger partial charge in [-0.15, -0.1) is 0 Å². The molecule has 0 saturated carbocycles. The molecule has 0 radical (unpaired) electrons. The van der Waals surface area contributed by atoms with Gasteiger partial charge in [0, 0.05) is 38.5 Å². The van der Waals surface area contributed by atoms with Gasteiger partial charge in [0.25, 0.3) is 5.92 Å².